The van der Waals surface area contributed by atoms with Crippen molar-refractivity contribution in [3.05, 3.63) is 59.7 Å². The maximum Gasteiger partial charge on any atom is 0.257 e. The van der Waals surface area contributed by atoms with Crippen LogP contribution in [0.5, 0.6) is 5.75 Å². The highest BCUT2D eigenvalue weighted by atomic mass is 32.2. The first-order valence-electron chi connectivity index (χ1n) is 8.38. The Kier molecular flexibility index (Phi) is 6.76. The van der Waals surface area contributed by atoms with Gasteiger partial charge in [0.1, 0.15) is 5.75 Å². The summed E-state index contributed by atoms with van der Waals surface area (Å²) in [6, 6.07) is 13.3. The molecule has 6 nitrogen and oxygen atoms in total. The minimum absolute atomic E-state index is 0.130. The van der Waals surface area contributed by atoms with Crippen molar-refractivity contribution in [2.45, 2.75) is 31.2 Å². The van der Waals surface area contributed by atoms with Gasteiger partial charge in [0.2, 0.25) is 10.0 Å². The van der Waals surface area contributed by atoms with E-state index in [1.54, 1.807) is 42.5 Å². The maximum atomic E-state index is 12.7. The van der Waals surface area contributed by atoms with Gasteiger partial charge in [-0.3, -0.25) is 4.79 Å². The summed E-state index contributed by atoms with van der Waals surface area (Å²) in [5.41, 5.74) is 1.68. The van der Waals surface area contributed by atoms with Gasteiger partial charge in [-0.25, -0.2) is 13.1 Å². The highest BCUT2D eigenvalue weighted by Gasteiger charge is 2.22. The van der Waals surface area contributed by atoms with Crippen LogP contribution in [0.4, 0.5) is 0 Å². The second-order valence-corrected chi connectivity index (χ2v) is 7.61. The van der Waals surface area contributed by atoms with Gasteiger partial charge in [-0.2, -0.15) is 0 Å². The fraction of sp³-hybridized carbons (Fsp3) is 0.316. The van der Waals surface area contributed by atoms with Crippen molar-refractivity contribution >= 4 is 15.9 Å². The number of rotatable bonds is 8. The lowest BCUT2D eigenvalue weighted by Crippen LogP contribution is -2.29. The minimum atomic E-state index is -3.67. The molecule has 2 aromatic carbocycles. The molecule has 0 fully saturated rings. The third-order valence-corrected chi connectivity index (χ3v) is 5.46. The van der Waals surface area contributed by atoms with Gasteiger partial charge in [0.25, 0.3) is 5.91 Å². The predicted octanol–water partition coefficient (Wildman–Crippen LogP) is 2.55. The Bertz CT molecular complexity index is 848. The molecule has 0 aliphatic carbocycles. The van der Waals surface area contributed by atoms with E-state index in [1.807, 2.05) is 19.9 Å². The average Bonchev–Trinajstić information content (AvgIpc) is 2.64. The SMILES string of the molecule is CC[C@H](NS(=O)(=O)c1ccc(C)cc1)c1ccccc1OCC(=O)NC. The van der Waals surface area contributed by atoms with E-state index in [0.29, 0.717) is 17.7 Å². The number of benzene rings is 2. The number of sulfonamides is 1. The lowest BCUT2D eigenvalue weighted by atomic mass is 10.0. The zero-order valence-corrected chi connectivity index (χ0v) is 16.0. The van der Waals surface area contributed by atoms with Crippen molar-refractivity contribution in [3.8, 4) is 5.75 Å². The number of hydrogen-bond acceptors (Lipinski definition) is 4. The lowest BCUT2D eigenvalue weighted by Gasteiger charge is -2.20. The maximum absolute atomic E-state index is 12.7. The summed E-state index contributed by atoms with van der Waals surface area (Å²) in [5, 5.41) is 2.49. The molecule has 0 aliphatic heterocycles. The normalized spacial score (nSPS) is 12.4. The van der Waals surface area contributed by atoms with Crippen LogP contribution in [0.25, 0.3) is 0 Å². The number of hydrogen-bond donors (Lipinski definition) is 2. The fourth-order valence-corrected chi connectivity index (χ4v) is 3.75. The summed E-state index contributed by atoms with van der Waals surface area (Å²) in [6.45, 7) is 3.66. The Morgan fingerprint density at radius 2 is 1.77 bits per heavy atom. The topological polar surface area (TPSA) is 84.5 Å². The summed E-state index contributed by atoms with van der Waals surface area (Å²) in [4.78, 5) is 11.6. The van der Waals surface area contributed by atoms with Crippen LogP contribution in [0, 0.1) is 6.92 Å². The van der Waals surface area contributed by atoms with Gasteiger partial charge in [-0.1, -0.05) is 42.8 Å². The van der Waals surface area contributed by atoms with E-state index in [2.05, 4.69) is 10.0 Å². The number of carbonyl (C=O) groups excluding carboxylic acids is 1. The van der Waals surface area contributed by atoms with Crippen molar-refractivity contribution in [2.75, 3.05) is 13.7 Å². The van der Waals surface area contributed by atoms with Gasteiger partial charge < -0.3 is 10.1 Å². The molecule has 0 spiro atoms. The van der Waals surface area contributed by atoms with Crippen LogP contribution < -0.4 is 14.8 Å². The molecule has 0 bridgehead atoms. The van der Waals surface area contributed by atoms with Gasteiger partial charge in [-0.15, -0.1) is 0 Å². The molecule has 26 heavy (non-hydrogen) atoms. The largest absolute Gasteiger partial charge is 0.483 e. The zero-order chi connectivity index (χ0) is 19.2. The van der Waals surface area contributed by atoms with E-state index in [-0.39, 0.29) is 17.4 Å². The smallest absolute Gasteiger partial charge is 0.257 e. The first-order valence-corrected chi connectivity index (χ1v) is 9.87. The van der Waals surface area contributed by atoms with Gasteiger partial charge in [0.05, 0.1) is 10.9 Å². The van der Waals surface area contributed by atoms with Crippen LogP contribution in [-0.2, 0) is 14.8 Å². The molecule has 1 atom stereocenters. The monoisotopic (exact) mass is 376 g/mol. The minimum Gasteiger partial charge on any atom is -0.483 e. The van der Waals surface area contributed by atoms with Crippen LogP contribution in [-0.4, -0.2) is 28.0 Å². The number of nitrogens with one attached hydrogen (secondary N) is 2. The number of carbonyl (C=O) groups is 1. The molecule has 2 rings (SSSR count). The molecule has 0 radical (unpaired) electrons. The zero-order valence-electron chi connectivity index (χ0n) is 15.2. The Morgan fingerprint density at radius 3 is 2.38 bits per heavy atom. The quantitative estimate of drug-likeness (QED) is 0.741. The first-order chi connectivity index (χ1) is 12.4. The van der Waals surface area contributed by atoms with Gasteiger partial charge in [0, 0.05) is 12.6 Å². The van der Waals surface area contributed by atoms with Crippen molar-refractivity contribution in [1.29, 1.82) is 0 Å². The highest BCUT2D eigenvalue weighted by Crippen LogP contribution is 2.28. The molecule has 0 saturated carbocycles. The van der Waals surface area contributed by atoms with E-state index < -0.39 is 16.1 Å². The first kappa shape index (κ1) is 19.9. The lowest BCUT2D eigenvalue weighted by molar-refractivity contribution is -0.122. The van der Waals surface area contributed by atoms with E-state index in [4.69, 9.17) is 4.74 Å². The van der Waals surface area contributed by atoms with Crippen LogP contribution in [0.15, 0.2) is 53.4 Å². The summed E-state index contributed by atoms with van der Waals surface area (Å²) >= 11 is 0. The number of aryl methyl sites for hydroxylation is 1. The van der Waals surface area contributed by atoms with Gasteiger partial charge >= 0.3 is 0 Å². The van der Waals surface area contributed by atoms with Crippen LogP contribution in [0.1, 0.15) is 30.5 Å². The standard InChI is InChI=1S/C19H24N2O4S/c1-4-17(21-26(23,24)15-11-9-14(2)10-12-15)16-7-5-6-8-18(16)25-13-19(22)20-3/h5-12,17,21H,4,13H2,1-3H3,(H,20,22)/t17-/m0/s1. The molecule has 0 saturated heterocycles. The second kappa shape index (κ2) is 8.82. The average molecular weight is 376 g/mol. The molecule has 0 aliphatic rings. The van der Waals surface area contributed by atoms with Crippen LogP contribution >= 0.6 is 0 Å². The third-order valence-electron chi connectivity index (χ3n) is 3.97. The molecular weight excluding hydrogens is 352 g/mol. The van der Waals surface area contributed by atoms with E-state index in [0.717, 1.165) is 5.56 Å². The molecule has 7 heteroatoms. The summed E-state index contributed by atoms with van der Waals surface area (Å²) in [5.74, 6) is 0.225. The Morgan fingerprint density at radius 1 is 1.12 bits per heavy atom. The van der Waals surface area contributed by atoms with E-state index in [1.165, 1.54) is 7.05 Å². The summed E-state index contributed by atoms with van der Waals surface area (Å²) < 4.78 is 33.7. The molecule has 0 heterocycles. The van der Waals surface area contributed by atoms with E-state index in [9.17, 15) is 13.2 Å². The Labute approximate surface area is 154 Å². The molecular formula is C19H24N2O4S. The van der Waals surface area contributed by atoms with Crippen molar-refractivity contribution in [1.82, 2.24) is 10.0 Å². The van der Waals surface area contributed by atoms with Gasteiger partial charge in [0.15, 0.2) is 6.61 Å². The van der Waals surface area contributed by atoms with Crippen molar-refractivity contribution in [3.63, 3.8) is 0 Å². The summed E-state index contributed by atoms with van der Waals surface area (Å²) in [7, 11) is -2.14. The number of likely N-dealkylation sites (N-methyl/N-ethyl adjacent to an activating group) is 1. The van der Waals surface area contributed by atoms with E-state index >= 15 is 0 Å². The number of amides is 1. The van der Waals surface area contributed by atoms with Crippen LogP contribution in [0.3, 0.4) is 0 Å². The number of para-hydroxylation sites is 1. The molecule has 2 N–H and O–H groups in total. The van der Waals surface area contributed by atoms with Crippen molar-refractivity contribution < 1.29 is 17.9 Å². The Balaban J connectivity index is 2.25. The fourth-order valence-electron chi connectivity index (χ4n) is 2.45. The predicted molar refractivity (Wildman–Crippen MR) is 101 cm³/mol. The van der Waals surface area contributed by atoms with Crippen molar-refractivity contribution in [2.24, 2.45) is 0 Å². The molecule has 140 valence electrons. The molecule has 2 aromatic rings. The third kappa shape index (κ3) is 5.06. The molecule has 0 aromatic heterocycles. The highest BCUT2D eigenvalue weighted by molar-refractivity contribution is 7.89. The summed E-state index contributed by atoms with van der Waals surface area (Å²) in [6.07, 6.45) is 0.533. The number of ether oxygens (including phenoxy) is 1. The van der Waals surface area contributed by atoms with Crippen LogP contribution in [0.2, 0.25) is 0 Å². The Hall–Kier alpha value is -2.38. The van der Waals surface area contributed by atoms with Gasteiger partial charge in [-0.05, 0) is 31.5 Å². The molecule has 0 unspecified atom stereocenters. The second-order valence-electron chi connectivity index (χ2n) is 5.89. The molecule has 1 amide bonds.